The highest BCUT2D eigenvalue weighted by molar-refractivity contribution is 7.99. The van der Waals surface area contributed by atoms with Crippen LogP contribution in [0.3, 0.4) is 0 Å². The number of fused-ring (bicyclic) bond motifs is 2. The number of hydrogen-bond donors (Lipinski definition) is 0. The molecule has 0 amide bonds. The van der Waals surface area contributed by atoms with Crippen molar-refractivity contribution in [1.82, 2.24) is 4.98 Å². The summed E-state index contributed by atoms with van der Waals surface area (Å²) in [6.45, 7) is 1.44. The molecule has 0 atom stereocenters. The second-order valence-electron chi connectivity index (χ2n) is 5.87. The second-order valence-corrected chi connectivity index (χ2v) is 6.80. The number of rotatable bonds is 6. The zero-order chi connectivity index (χ0) is 18.8. The van der Waals surface area contributed by atoms with Gasteiger partial charge in [-0.1, -0.05) is 42.1 Å². The minimum atomic E-state index is -0.524. The van der Waals surface area contributed by atoms with E-state index in [0.717, 1.165) is 28.2 Å². The molecular weight excluding hydrogens is 366 g/mol. The summed E-state index contributed by atoms with van der Waals surface area (Å²) in [5.74, 6) is -0.678. The first-order valence-electron chi connectivity index (χ1n) is 8.27. The Kier molecular flexibility index (Phi) is 4.68. The van der Waals surface area contributed by atoms with Gasteiger partial charge in [-0.05, 0) is 25.1 Å². The Balaban J connectivity index is 1.34. The van der Waals surface area contributed by atoms with Crippen LogP contribution in [0.2, 0.25) is 0 Å². The zero-order valence-electron chi connectivity index (χ0n) is 14.4. The first kappa shape index (κ1) is 17.4. The van der Waals surface area contributed by atoms with Gasteiger partial charge < -0.3 is 13.6 Å². The van der Waals surface area contributed by atoms with Crippen molar-refractivity contribution in [3.05, 3.63) is 59.9 Å². The summed E-state index contributed by atoms with van der Waals surface area (Å²) in [5, 5.41) is 1.26. The number of aryl methyl sites for hydroxylation is 1. The van der Waals surface area contributed by atoms with Gasteiger partial charge in [0.2, 0.25) is 5.78 Å². The average molecular weight is 381 g/mol. The molecule has 0 fully saturated rings. The number of para-hydroxylation sites is 3. The molecule has 0 aliphatic carbocycles. The normalized spacial score (nSPS) is 11.1. The van der Waals surface area contributed by atoms with Crippen LogP contribution >= 0.6 is 11.8 Å². The van der Waals surface area contributed by atoms with Crippen molar-refractivity contribution in [2.45, 2.75) is 12.1 Å². The van der Waals surface area contributed by atoms with E-state index in [4.69, 9.17) is 13.6 Å². The molecule has 0 spiro atoms. The molecule has 0 saturated carbocycles. The van der Waals surface area contributed by atoms with Crippen LogP contribution in [0.25, 0.3) is 22.1 Å². The van der Waals surface area contributed by atoms with Gasteiger partial charge in [-0.15, -0.1) is 0 Å². The standard InChI is InChI=1S/C20H15NO5S/c1-12-13-6-2-4-8-16(13)25-19(12)15(22)10-24-18(23)11-27-20-21-14-7-3-5-9-17(14)26-20/h2-9H,10-11H2,1H3. The van der Waals surface area contributed by atoms with E-state index in [1.165, 1.54) is 0 Å². The molecule has 136 valence electrons. The molecule has 27 heavy (non-hydrogen) atoms. The Morgan fingerprint density at radius 1 is 1.04 bits per heavy atom. The number of benzene rings is 2. The minimum Gasteiger partial charge on any atom is -0.457 e. The molecule has 0 radical (unpaired) electrons. The largest absolute Gasteiger partial charge is 0.457 e. The fourth-order valence-electron chi connectivity index (χ4n) is 2.73. The highest BCUT2D eigenvalue weighted by atomic mass is 32.2. The molecule has 0 aliphatic rings. The van der Waals surface area contributed by atoms with Crippen LogP contribution in [0.1, 0.15) is 16.1 Å². The second kappa shape index (κ2) is 7.28. The quantitative estimate of drug-likeness (QED) is 0.278. The highest BCUT2D eigenvalue weighted by Crippen LogP contribution is 2.26. The average Bonchev–Trinajstić information content (AvgIpc) is 3.25. The molecule has 6 nitrogen and oxygen atoms in total. The molecule has 2 heterocycles. The summed E-state index contributed by atoms with van der Waals surface area (Å²) in [7, 11) is 0. The van der Waals surface area contributed by atoms with Gasteiger partial charge in [0.25, 0.3) is 5.22 Å². The summed E-state index contributed by atoms with van der Waals surface area (Å²) in [5.41, 5.74) is 2.76. The van der Waals surface area contributed by atoms with E-state index in [2.05, 4.69) is 4.98 Å². The van der Waals surface area contributed by atoms with E-state index in [-0.39, 0.29) is 23.9 Å². The van der Waals surface area contributed by atoms with Gasteiger partial charge in [0.1, 0.15) is 16.9 Å². The van der Waals surface area contributed by atoms with Crippen molar-refractivity contribution in [3.8, 4) is 0 Å². The van der Waals surface area contributed by atoms with Crippen LogP contribution in [0, 0.1) is 6.92 Å². The fourth-order valence-corrected chi connectivity index (χ4v) is 3.36. The smallest absolute Gasteiger partial charge is 0.316 e. The molecule has 0 N–H and O–H groups in total. The van der Waals surface area contributed by atoms with Gasteiger partial charge in [0.05, 0.1) is 0 Å². The summed E-state index contributed by atoms with van der Waals surface area (Å²) in [4.78, 5) is 28.5. The van der Waals surface area contributed by atoms with Crippen LogP contribution in [0.15, 0.2) is 62.6 Å². The van der Waals surface area contributed by atoms with Crippen LogP contribution in [-0.4, -0.2) is 29.1 Å². The summed E-state index contributed by atoms with van der Waals surface area (Å²) < 4.78 is 16.2. The number of nitrogens with zero attached hydrogens (tertiary/aromatic N) is 1. The molecule has 0 unspecified atom stereocenters. The lowest BCUT2D eigenvalue weighted by atomic mass is 10.1. The topological polar surface area (TPSA) is 82.5 Å². The van der Waals surface area contributed by atoms with Gasteiger partial charge in [0.15, 0.2) is 18.0 Å². The van der Waals surface area contributed by atoms with Crippen molar-refractivity contribution in [2.75, 3.05) is 12.4 Å². The molecule has 4 aromatic rings. The Labute approximate surface area is 158 Å². The lowest BCUT2D eigenvalue weighted by molar-refractivity contribution is -0.139. The number of furan rings is 1. The molecule has 7 heteroatoms. The van der Waals surface area contributed by atoms with Gasteiger partial charge in [-0.2, -0.15) is 0 Å². The van der Waals surface area contributed by atoms with E-state index in [9.17, 15) is 9.59 Å². The van der Waals surface area contributed by atoms with E-state index < -0.39 is 5.97 Å². The Hall–Kier alpha value is -3.06. The minimum absolute atomic E-state index is 0.000779. The zero-order valence-corrected chi connectivity index (χ0v) is 15.2. The van der Waals surface area contributed by atoms with Crippen molar-refractivity contribution >= 4 is 45.6 Å². The SMILES string of the molecule is Cc1c(C(=O)COC(=O)CSc2nc3ccccc3o2)oc2ccccc12. The molecule has 2 aromatic heterocycles. The first-order chi connectivity index (χ1) is 13.1. The van der Waals surface area contributed by atoms with E-state index in [0.29, 0.717) is 16.4 Å². The van der Waals surface area contributed by atoms with Crippen LogP contribution < -0.4 is 0 Å². The molecule has 0 aliphatic heterocycles. The van der Waals surface area contributed by atoms with Crippen molar-refractivity contribution in [3.63, 3.8) is 0 Å². The predicted molar refractivity (Wildman–Crippen MR) is 101 cm³/mol. The number of esters is 1. The number of Topliss-reactive ketones (excluding diaryl/α,β-unsaturated/α-hetero) is 1. The number of hydrogen-bond acceptors (Lipinski definition) is 7. The third-order valence-corrected chi connectivity index (χ3v) is 4.85. The van der Waals surface area contributed by atoms with Gasteiger partial charge in [-0.3, -0.25) is 9.59 Å². The third kappa shape index (κ3) is 3.59. The lowest BCUT2D eigenvalue weighted by Crippen LogP contribution is -2.15. The van der Waals surface area contributed by atoms with Gasteiger partial charge in [-0.25, -0.2) is 4.98 Å². The van der Waals surface area contributed by atoms with Crippen molar-refractivity contribution in [2.24, 2.45) is 0 Å². The Morgan fingerprint density at radius 3 is 2.56 bits per heavy atom. The highest BCUT2D eigenvalue weighted by Gasteiger charge is 2.19. The van der Waals surface area contributed by atoms with Crippen LogP contribution in [0.5, 0.6) is 0 Å². The fraction of sp³-hybridized carbons (Fsp3) is 0.150. The Morgan fingerprint density at radius 2 is 1.78 bits per heavy atom. The number of aromatic nitrogens is 1. The number of carbonyl (C=O) groups is 2. The van der Waals surface area contributed by atoms with E-state index in [1.54, 1.807) is 12.1 Å². The van der Waals surface area contributed by atoms with E-state index >= 15 is 0 Å². The maximum absolute atomic E-state index is 12.3. The van der Waals surface area contributed by atoms with Gasteiger partial charge >= 0.3 is 5.97 Å². The number of thioether (sulfide) groups is 1. The number of carbonyl (C=O) groups excluding carboxylic acids is 2. The van der Waals surface area contributed by atoms with E-state index in [1.807, 2.05) is 43.3 Å². The molecular formula is C20H15NO5S. The number of ether oxygens (including phenoxy) is 1. The van der Waals surface area contributed by atoms with Crippen LogP contribution in [-0.2, 0) is 9.53 Å². The monoisotopic (exact) mass is 381 g/mol. The molecule has 0 saturated heterocycles. The maximum atomic E-state index is 12.3. The van der Waals surface area contributed by atoms with Crippen LogP contribution in [0.4, 0.5) is 0 Å². The summed E-state index contributed by atoms with van der Waals surface area (Å²) in [6, 6.07) is 14.7. The number of ketones is 1. The maximum Gasteiger partial charge on any atom is 0.316 e. The first-order valence-corrected chi connectivity index (χ1v) is 9.25. The Bertz CT molecular complexity index is 1110. The van der Waals surface area contributed by atoms with Crippen molar-refractivity contribution in [1.29, 1.82) is 0 Å². The molecule has 4 rings (SSSR count). The predicted octanol–water partition coefficient (Wildman–Crippen LogP) is 4.40. The molecule has 2 aromatic carbocycles. The summed E-state index contributed by atoms with van der Waals surface area (Å²) >= 11 is 1.12. The summed E-state index contributed by atoms with van der Waals surface area (Å²) in [6.07, 6.45) is 0. The molecule has 0 bridgehead atoms. The van der Waals surface area contributed by atoms with Gasteiger partial charge in [0, 0.05) is 10.9 Å². The third-order valence-electron chi connectivity index (χ3n) is 4.05. The van der Waals surface area contributed by atoms with Crippen molar-refractivity contribution < 1.29 is 23.2 Å². The lowest BCUT2D eigenvalue weighted by Gasteiger charge is -2.02. The number of oxazole rings is 1.